The minimum absolute atomic E-state index is 0.259. The van der Waals surface area contributed by atoms with Gasteiger partial charge in [-0.2, -0.15) is 15.0 Å². The second-order valence-electron chi connectivity index (χ2n) is 4.98. The highest BCUT2D eigenvalue weighted by Crippen LogP contribution is 2.18. The van der Waals surface area contributed by atoms with E-state index in [1.54, 1.807) is 0 Å². The Morgan fingerprint density at radius 3 is 2.50 bits per heavy atom. The Hall–Kier alpha value is -1.63. The summed E-state index contributed by atoms with van der Waals surface area (Å²) in [5.41, 5.74) is 5.81. The normalized spacial score (nSPS) is 18.2. The highest BCUT2D eigenvalue weighted by Gasteiger charge is 2.20. The fraction of sp³-hybridized carbons (Fsp3) is 0.769. The van der Waals surface area contributed by atoms with Gasteiger partial charge in [0.2, 0.25) is 17.8 Å². The number of ether oxygens (including phenoxy) is 1. The topological polar surface area (TPSA) is 80.4 Å². The van der Waals surface area contributed by atoms with Crippen molar-refractivity contribution in [1.29, 1.82) is 0 Å². The highest BCUT2D eigenvalue weighted by atomic mass is 16.5. The number of hydrogen-bond acceptors (Lipinski definition) is 7. The summed E-state index contributed by atoms with van der Waals surface area (Å²) >= 11 is 0. The van der Waals surface area contributed by atoms with Gasteiger partial charge in [-0.05, 0) is 26.7 Å². The summed E-state index contributed by atoms with van der Waals surface area (Å²) in [7, 11) is 1.96. The fourth-order valence-electron chi connectivity index (χ4n) is 2.36. The molecule has 0 radical (unpaired) electrons. The zero-order valence-corrected chi connectivity index (χ0v) is 12.5. The van der Waals surface area contributed by atoms with Gasteiger partial charge in [-0.15, -0.1) is 0 Å². The maximum atomic E-state index is 5.81. The van der Waals surface area contributed by atoms with Gasteiger partial charge in [0, 0.05) is 33.3 Å². The molecule has 1 aliphatic heterocycles. The van der Waals surface area contributed by atoms with E-state index in [1.807, 2.05) is 11.9 Å². The third-order valence-electron chi connectivity index (χ3n) is 3.52. The van der Waals surface area contributed by atoms with E-state index in [0.29, 0.717) is 11.9 Å². The van der Waals surface area contributed by atoms with Crippen LogP contribution >= 0.6 is 0 Å². The first-order valence-corrected chi connectivity index (χ1v) is 7.23. The first-order chi connectivity index (χ1) is 9.63. The molecule has 1 fully saturated rings. The molecule has 1 aromatic rings. The second-order valence-corrected chi connectivity index (χ2v) is 4.98. The monoisotopic (exact) mass is 280 g/mol. The third kappa shape index (κ3) is 3.47. The number of hydrogen-bond donors (Lipinski definition) is 1. The van der Waals surface area contributed by atoms with E-state index < -0.39 is 0 Å². The highest BCUT2D eigenvalue weighted by molar-refractivity contribution is 5.43. The summed E-state index contributed by atoms with van der Waals surface area (Å²) in [6, 6.07) is 0. The summed E-state index contributed by atoms with van der Waals surface area (Å²) < 4.78 is 5.64. The molecule has 1 atom stereocenters. The number of anilines is 3. The Kier molecular flexibility index (Phi) is 4.94. The van der Waals surface area contributed by atoms with Gasteiger partial charge in [-0.1, -0.05) is 0 Å². The Bertz CT molecular complexity index is 431. The summed E-state index contributed by atoms with van der Waals surface area (Å²) in [6.45, 7) is 7.45. The molecule has 0 aromatic carbocycles. The van der Waals surface area contributed by atoms with Crippen LogP contribution in [-0.4, -0.2) is 54.3 Å². The Labute approximate surface area is 120 Å². The van der Waals surface area contributed by atoms with Gasteiger partial charge in [0.15, 0.2) is 0 Å². The van der Waals surface area contributed by atoms with Crippen LogP contribution in [0.2, 0.25) is 0 Å². The van der Waals surface area contributed by atoms with Crippen molar-refractivity contribution in [1.82, 2.24) is 15.0 Å². The minimum Gasteiger partial charge on any atom is -0.376 e. The van der Waals surface area contributed by atoms with Gasteiger partial charge in [-0.3, -0.25) is 0 Å². The van der Waals surface area contributed by atoms with Crippen LogP contribution in [-0.2, 0) is 4.74 Å². The quantitative estimate of drug-likeness (QED) is 0.829. The van der Waals surface area contributed by atoms with Gasteiger partial charge < -0.3 is 20.3 Å². The molecular formula is C13H24N6O. The van der Waals surface area contributed by atoms with E-state index in [2.05, 4.69) is 33.7 Å². The Morgan fingerprint density at radius 1 is 1.20 bits per heavy atom. The fourth-order valence-corrected chi connectivity index (χ4v) is 2.36. The SMILES string of the molecule is CCN(CC)c1nc(N)nc(N(C)CC2CCCO2)n1. The molecule has 1 aliphatic rings. The van der Waals surface area contributed by atoms with Crippen molar-refractivity contribution in [3.8, 4) is 0 Å². The molecule has 0 amide bonds. The van der Waals surface area contributed by atoms with Crippen LogP contribution in [0.1, 0.15) is 26.7 Å². The predicted octanol–water partition coefficient (Wildman–Crippen LogP) is 0.915. The molecule has 0 aliphatic carbocycles. The molecular weight excluding hydrogens is 256 g/mol. The Morgan fingerprint density at radius 2 is 1.90 bits per heavy atom. The van der Waals surface area contributed by atoms with Crippen molar-refractivity contribution in [3.05, 3.63) is 0 Å². The zero-order chi connectivity index (χ0) is 14.5. The largest absolute Gasteiger partial charge is 0.376 e. The second kappa shape index (κ2) is 6.69. The number of nitrogens with two attached hydrogens (primary N) is 1. The van der Waals surface area contributed by atoms with Crippen molar-refractivity contribution < 1.29 is 4.74 Å². The summed E-state index contributed by atoms with van der Waals surface area (Å²) in [5, 5.41) is 0. The number of rotatable bonds is 6. The molecule has 112 valence electrons. The molecule has 0 saturated carbocycles. The molecule has 20 heavy (non-hydrogen) atoms. The molecule has 2 heterocycles. The summed E-state index contributed by atoms with van der Waals surface area (Å²) in [4.78, 5) is 17.0. The summed E-state index contributed by atoms with van der Waals surface area (Å²) in [6.07, 6.45) is 2.48. The predicted molar refractivity (Wildman–Crippen MR) is 80.0 cm³/mol. The number of nitrogens with zero attached hydrogens (tertiary/aromatic N) is 5. The number of nitrogen functional groups attached to an aromatic ring is 1. The average molecular weight is 280 g/mol. The van der Waals surface area contributed by atoms with Crippen LogP contribution in [0.3, 0.4) is 0 Å². The van der Waals surface area contributed by atoms with Crippen molar-refractivity contribution >= 4 is 17.8 Å². The minimum atomic E-state index is 0.259. The zero-order valence-electron chi connectivity index (χ0n) is 12.5. The lowest BCUT2D eigenvalue weighted by Gasteiger charge is -2.23. The van der Waals surface area contributed by atoms with Gasteiger partial charge >= 0.3 is 0 Å². The van der Waals surface area contributed by atoms with Crippen molar-refractivity contribution in [3.63, 3.8) is 0 Å². The van der Waals surface area contributed by atoms with Crippen molar-refractivity contribution in [2.45, 2.75) is 32.8 Å². The summed E-state index contributed by atoms with van der Waals surface area (Å²) in [5.74, 6) is 1.50. The van der Waals surface area contributed by atoms with E-state index in [9.17, 15) is 0 Å². The average Bonchev–Trinajstić information content (AvgIpc) is 2.92. The van der Waals surface area contributed by atoms with E-state index in [-0.39, 0.29) is 12.1 Å². The smallest absolute Gasteiger partial charge is 0.231 e. The van der Waals surface area contributed by atoms with Crippen LogP contribution in [0.5, 0.6) is 0 Å². The first-order valence-electron chi connectivity index (χ1n) is 7.23. The van der Waals surface area contributed by atoms with Gasteiger partial charge in [0.05, 0.1) is 6.10 Å². The third-order valence-corrected chi connectivity index (χ3v) is 3.52. The number of likely N-dealkylation sites (N-methyl/N-ethyl adjacent to an activating group) is 1. The van der Waals surface area contributed by atoms with E-state index in [1.165, 1.54) is 0 Å². The maximum absolute atomic E-state index is 5.81. The lowest BCUT2D eigenvalue weighted by atomic mass is 10.2. The molecule has 7 heteroatoms. The van der Waals surface area contributed by atoms with Crippen LogP contribution in [0.15, 0.2) is 0 Å². The van der Waals surface area contributed by atoms with Crippen molar-refractivity contribution in [2.75, 3.05) is 48.8 Å². The molecule has 7 nitrogen and oxygen atoms in total. The molecule has 1 unspecified atom stereocenters. The Balaban J connectivity index is 2.13. The van der Waals surface area contributed by atoms with E-state index >= 15 is 0 Å². The molecule has 0 bridgehead atoms. The van der Waals surface area contributed by atoms with Crippen LogP contribution in [0.25, 0.3) is 0 Å². The van der Waals surface area contributed by atoms with E-state index in [4.69, 9.17) is 10.5 Å². The van der Waals surface area contributed by atoms with Crippen molar-refractivity contribution in [2.24, 2.45) is 0 Å². The van der Waals surface area contributed by atoms with E-state index in [0.717, 1.165) is 39.1 Å². The van der Waals surface area contributed by atoms with Gasteiger partial charge in [0.1, 0.15) is 0 Å². The molecule has 1 saturated heterocycles. The molecule has 1 aromatic heterocycles. The lowest BCUT2D eigenvalue weighted by molar-refractivity contribution is 0.116. The molecule has 2 N–H and O–H groups in total. The maximum Gasteiger partial charge on any atom is 0.231 e. The number of aromatic nitrogens is 3. The van der Waals surface area contributed by atoms with Crippen LogP contribution < -0.4 is 15.5 Å². The van der Waals surface area contributed by atoms with Crippen LogP contribution in [0.4, 0.5) is 17.8 Å². The molecule has 0 spiro atoms. The van der Waals surface area contributed by atoms with Gasteiger partial charge in [-0.25, -0.2) is 0 Å². The first kappa shape index (κ1) is 14.8. The lowest BCUT2D eigenvalue weighted by Crippen LogP contribution is -2.31. The molecule has 2 rings (SSSR count). The van der Waals surface area contributed by atoms with Crippen LogP contribution in [0, 0.1) is 0 Å². The van der Waals surface area contributed by atoms with Gasteiger partial charge in [0.25, 0.3) is 0 Å². The standard InChI is InChI=1S/C13H24N6O/c1-4-19(5-2)13-16-11(14)15-12(17-13)18(3)9-10-7-6-8-20-10/h10H,4-9H2,1-3H3,(H2,14,15,16,17).